The fourth-order valence-corrected chi connectivity index (χ4v) is 5.00. The molecule has 6 heteroatoms. The van der Waals surface area contributed by atoms with Crippen LogP contribution in [0.2, 0.25) is 0 Å². The first-order valence-corrected chi connectivity index (χ1v) is 11.9. The number of likely N-dealkylation sites (tertiary alicyclic amines) is 1. The quantitative estimate of drug-likeness (QED) is 0.647. The molecule has 6 nitrogen and oxygen atoms in total. The third-order valence-corrected chi connectivity index (χ3v) is 6.99. The zero-order valence-electron chi connectivity index (χ0n) is 19.5. The van der Waals surface area contributed by atoms with E-state index in [1.165, 1.54) is 11.3 Å². The van der Waals surface area contributed by atoms with E-state index in [9.17, 15) is 9.59 Å². The second-order valence-corrected chi connectivity index (χ2v) is 9.25. The van der Waals surface area contributed by atoms with E-state index >= 15 is 0 Å². The molecular weight excluding hydrogens is 402 g/mol. The number of furan rings is 1. The van der Waals surface area contributed by atoms with E-state index in [-0.39, 0.29) is 17.7 Å². The number of hydrogen-bond acceptors (Lipinski definition) is 4. The standard InChI is InChI=1S/C26H35N3O3/c1-4-5-13-27(3)25(30)20-10-14-28(15-11-20)26(31)22-12-16-32-24(22)18-29-19(2)17-21-8-6-7-9-23(21)29/h6-9,12,16,19-20H,4-5,10-11,13-15,17-18H2,1-3H3. The third kappa shape index (κ3) is 4.54. The van der Waals surface area contributed by atoms with Crippen molar-refractivity contribution in [2.75, 3.05) is 31.6 Å². The first-order valence-electron chi connectivity index (χ1n) is 11.9. The average Bonchev–Trinajstić information content (AvgIpc) is 3.41. The minimum absolute atomic E-state index is 0.0131. The van der Waals surface area contributed by atoms with E-state index in [1.54, 1.807) is 12.3 Å². The van der Waals surface area contributed by atoms with Crippen molar-refractivity contribution in [3.05, 3.63) is 53.5 Å². The van der Waals surface area contributed by atoms with Gasteiger partial charge in [-0.05, 0) is 50.3 Å². The van der Waals surface area contributed by atoms with E-state index in [0.717, 1.165) is 44.4 Å². The fraction of sp³-hybridized carbons (Fsp3) is 0.538. The van der Waals surface area contributed by atoms with Crippen LogP contribution in [-0.4, -0.2) is 54.3 Å². The van der Waals surface area contributed by atoms with Gasteiger partial charge < -0.3 is 19.1 Å². The second-order valence-electron chi connectivity index (χ2n) is 9.25. The van der Waals surface area contributed by atoms with Crippen LogP contribution in [0.1, 0.15) is 61.2 Å². The molecule has 2 aromatic rings. The molecule has 0 spiro atoms. The van der Waals surface area contributed by atoms with Gasteiger partial charge in [0.1, 0.15) is 5.76 Å². The summed E-state index contributed by atoms with van der Waals surface area (Å²) in [5.41, 5.74) is 3.21. The van der Waals surface area contributed by atoms with Gasteiger partial charge in [0.25, 0.3) is 5.91 Å². The summed E-state index contributed by atoms with van der Waals surface area (Å²) >= 11 is 0. The van der Waals surface area contributed by atoms with Crippen LogP contribution in [0.4, 0.5) is 5.69 Å². The number of carbonyl (C=O) groups is 2. The highest BCUT2D eigenvalue weighted by atomic mass is 16.3. The summed E-state index contributed by atoms with van der Waals surface area (Å²) in [7, 11) is 1.89. The van der Waals surface area contributed by atoms with Gasteiger partial charge in [-0.1, -0.05) is 31.5 Å². The molecule has 3 heterocycles. The summed E-state index contributed by atoms with van der Waals surface area (Å²) in [5, 5.41) is 0. The Morgan fingerprint density at radius 3 is 2.66 bits per heavy atom. The lowest BCUT2D eigenvalue weighted by molar-refractivity contribution is -0.135. The molecule has 0 N–H and O–H groups in total. The van der Waals surface area contributed by atoms with Crippen molar-refractivity contribution in [1.82, 2.24) is 9.80 Å². The Morgan fingerprint density at radius 1 is 1.16 bits per heavy atom. The molecule has 2 amide bonds. The zero-order valence-corrected chi connectivity index (χ0v) is 19.5. The van der Waals surface area contributed by atoms with Gasteiger partial charge >= 0.3 is 0 Å². The smallest absolute Gasteiger partial charge is 0.257 e. The van der Waals surface area contributed by atoms with Crippen molar-refractivity contribution in [2.24, 2.45) is 5.92 Å². The highest BCUT2D eigenvalue weighted by molar-refractivity contribution is 5.95. The Labute approximate surface area is 191 Å². The maximum Gasteiger partial charge on any atom is 0.257 e. The highest BCUT2D eigenvalue weighted by Gasteiger charge is 2.32. The molecular formula is C26H35N3O3. The molecule has 172 valence electrons. The summed E-state index contributed by atoms with van der Waals surface area (Å²) < 4.78 is 5.78. The van der Waals surface area contributed by atoms with Crippen molar-refractivity contribution in [3.8, 4) is 0 Å². The van der Waals surface area contributed by atoms with Gasteiger partial charge in [-0.3, -0.25) is 9.59 Å². The largest absolute Gasteiger partial charge is 0.467 e. The van der Waals surface area contributed by atoms with Crippen molar-refractivity contribution in [1.29, 1.82) is 0 Å². The molecule has 4 rings (SSSR count). The molecule has 1 atom stereocenters. The normalized spacial score (nSPS) is 18.7. The minimum Gasteiger partial charge on any atom is -0.467 e. The van der Waals surface area contributed by atoms with Gasteiger partial charge in [0.15, 0.2) is 0 Å². The molecule has 2 aliphatic rings. The van der Waals surface area contributed by atoms with Crippen LogP contribution in [0.3, 0.4) is 0 Å². The van der Waals surface area contributed by atoms with Crippen molar-refractivity contribution >= 4 is 17.5 Å². The molecule has 0 bridgehead atoms. The second kappa shape index (κ2) is 9.80. The number of benzene rings is 1. The summed E-state index contributed by atoms with van der Waals surface area (Å²) in [6, 6.07) is 10.6. The number of unbranched alkanes of at least 4 members (excludes halogenated alkanes) is 1. The molecule has 1 saturated heterocycles. The van der Waals surface area contributed by atoms with E-state index in [1.807, 2.05) is 16.8 Å². The number of nitrogens with zero attached hydrogens (tertiary/aromatic N) is 3. The van der Waals surface area contributed by atoms with Gasteiger partial charge in [0.2, 0.25) is 5.91 Å². The van der Waals surface area contributed by atoms with E-state index in [0.29, 0.717) is 31.2 Å². The maximum atomic E-state index is 13.3. The lowest BCUT2D eigenvalue weighted by Crippen LogP contribution is -2.43. The Balaban J connectivity index is 1.38. The van der Waals surface area contributed by atoms with Gasteiger partial charge in [-0.15, -0.1) is 0 Å². The monoisotopic (exact) mass is 437 g/mol. The molecule has 1 aromatic carbocycles. The number of fused-ring (bicyclic) bond motifs is 1. The topological polar surface area (TPSA) is 57.0 Å². The highest BCUT2D eigenvalue weighted by Crippen LogP contribution is 2.34. The van der Waals surface area contributed by atoms with Gasteiger partial charge in [0, 0.05) is 44.3 Å². The SMILES string of the molecule is CCCCN(C)C(=O)C1CCN(C(=O)c2ccoc2CN2c3ccccc3CC2C)CC1. The summed E-state index contributed by atoms with van der Waals surface area (Å²) in [6.07, 6.45) is 6.19. The van der Waals surface area contributed by atoms with Crippen molar-refractivity contribution < 1.29 is 14.0 Å². The van der Waals surface area contributed by atoms with Crippen LogP contribution in [0.15, 0.2) is 41.0 Å². The average molecular weight is 438 g/mol. The number of anilines is 1. The number of amides is 2. The minimum atomic E-state index is 0.0131. The molecule has 1 fully saturated rings. The first kappa shape index (κ1) is 22.4. The lowest BCUT2D eigenvalue weighted by Gasteiger charge is -2.33. The van der Waals surface area contributed by atoms with Gasteiger partial charge in [-0.25, -0.2) is 0 Å². The number of para-hydroxylation sites is 1. The molecule has 2 aliphatic heterocycles. The van der Waals surface area contributed by atoms with Gasteiger partial charge in [0.05, 0.1) is 18.4 Å². The van der Waals surface area contributed by atoms with Crippen molar-refractivity contribution in [2.45, 2.75) is 58.5 Å². The van der Waals surface area contributed by atoms with Gasteiger partial charge in [-0.2, -0.15) is 0 Å². The predicted octanol–water partition coefficient (Wildman–Crippen LogP) is 4.34. The Morgan fingerprint density at radius 2 is 1.91 bits per heavy atom. The maximum absolute atomic E-state index is 13.3. The first-order chi connectivity index (χ1) is 15.5. The summed E-state index contributed by atoms with van der Waals surface area (Å²) in [5.74, 6) is 0.970. The van der Waals surface area contributed by atoms with Crippen LogP contribution >= 0.6 is 0 Å². The van der Waals surface area contributed by atoms with E-state index < -0.39 is 0 Å². The fourth-order valence-electron chi connectivity index (χ4n) is 5.00. The van der Waals surface area contributed by atoms with Crippen molar-refractivity contribution in [3.63, 3.8) is 0 Å². The number of rotatable bonds is 7. The molecule has 1 aromatic heterocycles. The Hall–Kier alpha value is -2.76. The van der Waals surface area contributed by atoms with Crippen LogP contribution in [0, 0.1) is 5.92 Å². The molecule has 0 radical (unpaired) electrons. The summed E-state index contributed by atoms with van der Waals surface area (Å²) in [6.45, 7) is 6.97. The van der Waals surface area contributed by atoms with Crippen LogP contribution in [-0.2, 0) is 17.8 Å². The van der Waals surface area contributed by atoms with Crippen LogP contribution in [0.25, 0.3) is 0 Å². The Kier molecular flexibility index (Phi) is 6.87. The number of piperidine rings is 1. The third-order valence-electron chi connectivity index (χ3n) is 6.99. The van der Waals surface area contributed by atoms with E-state index in [2.05, 4.69) is 43.0 Å². The van der Waals surface area contributed by atoms with Crippen LogP contribution < -0.4 is 4.90 Å². The Bertz CT molecular complexity index is 945. The van der Waals surface area contributed by atoms with E-state index in [4.69, 9.17) is 4.42 Å². The summed E-state index contributed by atoms with van der Waals surface area (Å²) in [4.78, 5) is 32.0. The predicted molar refractivity (Wildman–Crippen MR) is 126 cm³/mol. The zero-order chi connectivity index (χ0) is 22.7. The molecule has 1 unspecified atom stereocenters. The molecule has 0 saturated carbocycles. The number of carbonyl (C=O) groups excluding carboxylic acids is 2. The number of hydrogen-bond donors (Lipinski definition) is 0. The van der Waals surface area contributed by atoms with Crippen LogP contribution in [0.5, 0.6) is 0 Å². The molecule has 32 heavy (non-hydrogen) atoms. The molecule has 0 aliphatic carbocycles. The lowest BCUT2D eigenvalue weighted by atomic mass is 9.94.